The lowest BCUT2D eigenvalue weighted by atomic mass is 9.72. The van der Waals surface area contributed by atoms with Crippen molar-refractivity contribution in [2.75, 3.05) is 0 Å². The molecule has 2 rings (SSSR count). The third-order valence-electron chi connectivity index (χ3n) is 7.15. The first-order valence-corrected chi connectivity index (χ1v) is 11.6. The van der Waals surface area contributed by atoms with Crippen LogP contribution in [0.5, 0.6) is 0 Å². The Kier molecular flexibility index (Phi) is 8.36. The van der Waals surface area contributed by atoms with E-state index in [2.05, 4.69) is 41.5 Å². The summed E-state index contributed by atoms with van der Waals surface area (Å²) in [5.41, 5.74) is 0.445. The summed E-state index contributed by atoms with van der Waals surface area (Å²) in [6, 6.07) is 0. The van der Waals surface area contributed by atoms with E-state index >= 15 is 0 Å². The van der Waals surface area contributed by atoms with E-state index in [4.69, 9.17) is 9.47 Å². The van der Waals surface area contributed by atoms with Crippen LogP contribution in [0.4, 0.5) is 0 Å². The number of carbonyl (C=O) groups excluding carboxylic acids is 2. The van der Waals surface area contributed by atoms with Gasteiger partial charge in [-0.1, -0.05) is 41.5 Å². The van der Waals surface area contributed by atoms with Crippen molar-refractivity contribution < 1.29 is 29.3 Å². The number of esters is 2. The predicted octanol–water partition coefficient (Wildman–Crippen LogP) is 4.00. The number of aliphatic hydroxyl groups excluding tert-OH is 2. The van der Waals surface area contributed by atoms with Crippen molar-refractivity contribution in [1.29, 1.82) is 0 Å². The number of hydrogen-bond donors (Lipinski definition) is 2. The van der Waals surface area contributed by atoms with Crippen LogP contribution in [0.3, 0.4) is 0 Å². The van der Waals surface area contributed by atoms with Gasteiger partial charge in [-0.05, 0) is 74.0 Å². The molecule has 0 saturated heterocycles. The van der Waals surface area contributed by atoms with Gasteiger partial charge in [0.15, 0.2) is 12.2 Å². The maximum atomic E-state index is 12.2. The Bertz CT molecular complexity index is 519. The molecule has 0 amide bonds. The van der Waals surface area contributed by atoms with Crippen molar-refractivity contribution >= 4 is 11.9 Å². The van der Waals surface area contributed by atoms with Crippen LogP contribution in [0.15, 0.2) is 0 Å². The molecule has 0 aromatic rings. The Morgan fingerprint density at radius 1 is 0.633 bits per heavy atom. The number of rotatable bonds is 5. The summed E-state index contributed by atoms with van der Waals surface area (Å²) in [5.74, 6) is -0.747. The van der Waals surface area contributed by atoms with E-state index in [0.717, 1.165) is 51.4 Å². The zero-order valence-corrected chi connectivity index (χ0v) is 19.6. The van der Waals surface area contributed by atoms with Gasteiger partial charge in [-0.25, -0.2) is 9.59 Å². The molecule has 2 unspecified atom stereocenters. The third kappa shape index (κ3) is 6.94. The van der Waals surface area contributed by atoms with Crippen molar-refractivity contribution in [2.24, 2.45) is 22.7 Å². The molecule has 0 radical (unpaired) electrons. The molecule has 2 saturated carbocycles. The molecule has 0 aromatic heterocycles. The molecule has 2 atom stereocenters. The minimum absolute atomic E-state index is 0.223. The standard InChI is InChI=1S/C24H42O6/c1-23(2,3)15-7-11-17(12-8-15)29-21(27)19(25)20(26)22(28)30-18-13-9-16(10-14-18)24(4,5)6/h15-20,25-26H,7-14H2,1-6H3. The fourth-order valence-electron chi connectivity index (χ4n) is 4.82. The molecule has 6 nitrogen and oxygen atoms in total. The van der Waals surface area contributed by atoms with Crippen LogP contribution < -0.4 is 0 Å². The first-order chi connectivity index (χ1) is 13.8. The lowest BCUT2D eigenvalue weighted by molar-refractivity contribution is -0.181. The van der Waals surface area contributed by atoms with Crippen LogP contribution in [0.25, 0.3) is 0 Å². The van der Waals surface area contributed by atoms with Crippen LogP contribution in [0, 0.1) is 22.7 Å². The second-order valence-electron chi connectivity index (χ2n) is 11.4. The zero-order valence-electron chi connectivity index (χ0n) is 19.6. The quantitative estimate of drug-likeness (QED) is 0.646. The van der Waals surface area contributed by atoms with Crippen molar-refractivity contribution in [3.63, 3.8) is 0 Å². The number of ether oxygens (including phenoxy) is 2. The Morgan fingerprint density at radius 3 is 1.13 bits per heavy atom. The highest BCUT2D eigenvalue weighted by Gasteiger charge is 2.38. The molecule has 174 valence electrons. The molecule has 0 spiro atoms. The lowest BCUT2D eigenvalue weighted by Gasteiger charge is -2.37. The van der Waals surface area contributed by atoms with E-state index in [1.807, 2.05) is 0 Å². The zero-order chi connectivity index (χ0) is 22.7. The second-order valence-corrected chi connectivity index (χ2v) is 11.4. The van der Waals surface area contributed by atoms with Crippen molar-refractivity contribution in [2.45, 2.75) is 117 Å². The van der Waals surface area contributed by atoms with Crippen LogP contribution in [0.1, 0.15) is 92.9 Å². The summed E-state index contributed by atoms with van der Waals surface area (Å²) in [6.45, 7) is 13.3. The molecule has 2 aliphatic rings. The average Bonchev–Trinajstić information content (AvgIpc) is 2.66. The Hall–Kier alpha value is -1.14. The van der Waals surface area contributed by atoms with Gasteiger partial charge in [0.25, 0.3) is 0 Å². The average molecular weight is 427 g/mol. The summed E-state index contributed by atoms with van der Waals surface area (Å²) >= 11 is 0. The fraction of sp³-hybridized carbons (Fsp3) is 0.917. The van der Waals surface area contributed by atoms with Crippen molar-refractivity contribution in [1.82, 2.24) is 0 Å². The van der Waals surface area contributed by atoms with Gasteiger partial charge in [0.2, 0.25) is 0 Å². The van der Waals surface area contributed by atoms with Crippen LogP contribution in [-0.4, -0.2) is 46.6 Å². The Balaban J connectivity index is 1.76. The van der Waals surface area contributed by atoms with Crippen LogP contribution in [-0.2, 0) is 19.1 Å². The summed E-state index contributed by atoms with van der Waals surface area (Å²) in [7, 11) is 0. The Morgan fingerprint density at radius 2 is 0.900 bits per heavy atom. The highest BCUT2D eigenvalue weighted by atomic mass is 16.6. The molecular weight excluding hydrogens is 384 g/mol. The molecule has 0 bridgehead atoms. The summed E-state index contributed by atoms with van der Waals surface area (Å²) in [4.78, 5) is 24.5. The molecular formula is C24H42O6. The van der Waals surface area contributed by atoms with Crippen molar-refractivity contribution in [3.05, 3.63) is 0 Å². The molecule has 6 heteroatoms. The largest absolute Gasteiger partial charge is 0.460 e. The summed E-state index contributed by atoms with van der Waals surface area (Å²) in [5, 5.41) is 20.2. The number of aliphatic hydroxyl groups is 2. The van der Waals surface area contributed by atoms with Gasteiger partial charge in [-0.2, -0.15) is 0 Å². The SMILES string of the molecule is CC(C)(C)C1CCC(OC(=O)C(O)C(O)C(=O)OC2CCC(C(C)(C)C)CC2)CC1. The van der Waals surface area contributed by atoms with Crippen LogP contribution >= 0.6 is 0 Å². The first kappa shape index (κ1) is 25.1. The topological polar surface area (TPSA) is 93.1 Å². The molecule has 0 aliphatic heterocycles. The minimum Gasteiger partial charge on any atom is -0.460 e. The highest BCUT2D eigenvalue weighted by Crippen LogP contribution is 2.39. The summed E-state index contributed by atoms with van der Waals surface area (Å²) in [6.07, 6.45) is 2.39. The van der Waals surface area contributed by atoms with Crippen molar-refractivity contribution in [3.8, 4) is 0 Å². The normalized spacial score (nSPS) is 30.3. The van der Waals surface area contributed by atoms with E-state index in [1.54, 1.807) is 0 Å². The van der Waals surface area contributed by atoms with Gasteiger partial charge in [0.05, 0.1) is 0 Å². The molecule has 0 heterocycles. The first-order valence-electron chi connectivity index (χ1n) is 11.6. The lowest BCUT2D eigenvalue weighted by Crippen LogP contribution is -2.44. The maximum absolute atomic E-state index is 12.2. The number of hydrogen-bond acceptors (Lipinski definition) is 6. The van der Waals surface area contributed by atoms with Gasteiger partial charge in [0, 0.05) is 0 Å². The molecule has 0 aromatic carbocycles. The highest BCUT2D eigenvalue weighted by molar-refractivity contribution is 5.85. The molecule has 2 fully saturated rings. The second kappa shape index (κ2) is 9.99. The van der Waals surface area contributed by atoms with E-state index in [-0.39, 0.29) is 23.0 Å². The van der Waals surface area contributed by atoms with E-state index in [1.165, 1.54) is 0 Å². The predicted molar refractivity (Wildman–Crippen MR) is 115 cm³/mol. The molecule has 2 N–H and O–H groups in total. The minimum atomic E-state index is -1.91. The monoisotopic (exact) mass is 426 g/mol. The maximum Gasteiger partial charge on any atom is 0.338 e. The van der Waals surface area contributed by atoms with Gasteiger partial charge in [-0.15, -0.1) is 0 Å². The van der Waals surface area contributed by atoms with E-state index < -0.39 is 24.1 Å². The van der Waals surface area contributed by atoms with E-state index in [0.29, 0.717) is 11.8 Å². The number of carbonyl (C=O) groups is 2. The van der Waals surface area contributed by atoms with Gasteiger partial charge >= 0.3 is 11.9 Å². The molecule has 2 aliphatic carbocycles. The van der Waals surface area contributed by atoms with Gasteiger partial charge < -0.3 is 19.7 Å². The van der Waals surface area contributed by atoms with Crippen LogP contribution in [0.2, 0.25) is 0 Å². The Labute approximate surface area is 181 Å². The molecule has 30 heavy (non-hydrogen) atoms. The van der Waals surface area contributed by atoms with Gasteiger partial charge in [-0.3, -0.25) is 0 Å². The fourth-order valence-corrected chi connectivity index (χ4v) is 4.82. The van der Waals surface area contributed by atoms with E-state index in [9.17, 15) is 19.8 Å². The smallest absolute Gasteiger partial charge is 0.338 e. The van der Waals surface area contributed by atoms with Gasteiger partial charge in [0.1, 0.15) is 12.2 Å². The third-order valence-corrected chi connectivity index (χ3v) is 7.15. The summed E-state index contributed by atoms with van der Waals surface area (Å²) < 4.78 is 10.7.